The third kappa shape index (κ3) is 3.13. The maximum atomic E-state index is 10.4. The fraction of sp³-hybridized carbons (Fsp3) is 0.471. The Labute approximate surface area is 146 Å². The van der Waals surface area contributed by atoms with Gasteiger partial charge in [-0.25, -0.2) is 0 Å². The summed E-state index contributed by atoms with van der Waals surface area (Å²) in [6.07, 6.45) is 1.87. The monoisotopic (exact) mass is 354 g/mol. The number of benzene rings is 1. The molecule has 6 heteroatoms. The topological polar surface area (TPSA) is 53.9 Å². The molecule has 1 aromatic rings. The molecule has 1 saturated heterocycles. The Kier molecular flexibility index (Phi) is 4.97. The van der Waals surface area contributed by atoms with Gasteiger partial charge >= 0.3 is 0 Å². The summed E-state index contributed by atoms with van der Waals surface area (Å²) in [7, 11) is 1.54. The molecule has 0 aromatic heterocycles. The van der Waals surface area contributed by atoms with Crippen molar-refractivity contribution in [1.29, 1.82) is 0 Å². The maximum absolute atomic E-state index is 10.4. The molecule has 2 aliphatic rings. The quantitative estimate of drug-likeness (QED) is 0.640. The number of hydrogen-bond acceptors (Lipinski definition) is 4. The van der Waals surface area contributed by atoms with Crippen LogP contribution in [-0.2, 0) is 4.84 Å². The summed E-state index contributed by atoms with van der Waals surface area (Å²) in [6, 6.07) is 5.82. The number of rotatable bonds is 4. The van der Waals surface area contributed by atoms with E-state index in [0.29, 0.717) is 10.0 Å². The average molecular weight is 355 g/mol. The standard InChI is InChI=1S/C17H20Cl2N2O2/c1-3-14(21-23-2)16-11(7-10-8-15(22)17(16)20-10)9-4-5-12(18)13(19)6-9/h4-6,10,15,17,20,22H,3,7-8H2,1-2H3/t10?,15?,17-/m1/s1. The largest absolute Gasteiger partial charge is 0.399 e. The molecule has 0 radical (unpaired) electrons. The van der Waals surface area contributed by atoms with Crippen molar-refractivity contribution in [2.45, 2.75) is 44.4 Å². The van der Waals surface area contributed by atoms with Crippen LogP contribution in [0.3, 0.4) is 0 Å². The van der Waals surface area contributed by atoms with Crippen LogP contribution in [0, 0.1) is 0 Å². The molecule has 3 atom stereocenters. The zero-order valence-corrected chi connectivity index (χ0v) is 14.7. The van der Waals surface area contributed by atoms with Crippen molar-refractivity contribution in [1.82, 2.24) is 5.32 Å². The van der Waals surface area contributed by atoms with Gasteiger partial charge in [0.2, 0.25) is 0 Å². The van der Waals surface area contributed by atoms with Crippen molar-refractivity contribution in [3.05, 3.63) is 39.4 Å². The smallest absolute Gasteiger partial charge is 0.106 e. The highest BCUT2D eigenvalue weighted by molar-refractivity contribution is 6.42. The van der Waals surface area contributed by atoms with Crippen LogP contribution in [0.25, 0.3) is 5.57 Å². The highest BCUT2D eigenvalue weighted by Gasteiger charge is 2.42. The van der Waals surface area contributed by atoms with Gasteiger partial charge in [-0.2, -0.15) is 0 Å². The molecule has 0 saturated carbocycles. The fourth-order valence-electron chi connectivity index (χ4n) is 3.55. The third-order valence-electron chi connectivity index (χ3n) is 4.53. The molecular formula is C17H20Cl2N2O2. The van der Waals surface area contributed by atoms with Crippen LogP contribution in [0.2, 0.25) is 10.0 Å². The van der Waals surface area contributed by atoms with Gasteiger partial charge in [0, 0.05) is 11.6 Å². The second-order valence-corrected chi connectivity index (χ2v) is 6.76. The van der Waals surface area contributed by atoms with Gasteiger partial charge in [0.25, 0.3) is 0 Å². The van der Waals surface area contributed by atoms with Gasteiger partial charge in [0.1, 0.15) is 7.11 Å². The van der Waals surface area contributed by atoms with Crippen LogP contribution in [0.15, 0.2) is 28.9 Å². The van der Waals surface area contributed by atoms with E-state index in [4.69, 9.17) is 28.0 Å². The summed E-state index contributed by atoms with van der Waals surface area (Å²) in [5.41, 5.74) is 4.06. The molecule has 0 aliphatic carbocycles. The number of halogens is 2. The lowest BCUT2D eigenvalue weighted by molar-refractivity contribution is 0.172. The molecule has 0 amide bonds. The van der Waals surface area contributed by atoms with Crippen LogP contribution in [0.4, 0.5) is 0 Å². The second-order valence-electron chi connectivity index (χ2n) is 5.94. The number of oxime groups is 1. The van der Waals surface area contributed by atoms with Gasteiger partial charge in [-0.15, -0.1) is 0 Å². The molecule has 4 nitrogen and oxygen atoms in total. The Morgan fingerprint density at radius 2 is 2.17 bits per heavy atom. The number of nitrogens with one attached hydrogen (secondary N) is 1. The van der Waals surface area contributed by atoms with Gasteiger partial charge in [-0.05, 0) is 42.5 Å². The fourth-order valence-corrected chi connectivity index (χ4v) is 3.85. The highest BCUT2D eigenvalue weighted by atomic mass is 35.5. The van der Waals surface area contributed by atoms with Crippen LogP contribution in [-0.4, -0.2) is 36.1 Å². The first-order valence-corrected chi connectivity index (χ1v) is 8.53. The SMILES string of the molecule is CCC(=NOC)C1=C(c2ccc(Cl)c(Cl)c2)CC2CC(O)[C@H]1N2. The molecule has 23 heavy (non-hydrogen) atoms. The van der Waals surface area contributed by atoms with E-state index in [0.717, 1.165) is 41.7 Å². The second kappa shape index (κ2) is 6.81. The average Bonchev–Trinajstić information content (AvgIpc) is 2.83. The molecule has 1 fully saturated rings. The van der Waals surface area contributed by atoms with E-state index in [1.165, 1.54) is 0 Å². The van der Waals surface area contributed by atoms with Crippen LogP contribution in [0.1, 0.15) is 31.7 Å². The molecule has 2 heterocycles. The van der Waals surface area contributed by atoms with Crippen LogP contribution in [0.5, 0.6) is 0 Å². The van der Waals surface area contributed by atoms with Crippen molar-refractivity contribution >= 4 is 34.5 Å². The molecule has 2 N–H and O–H groups in total. The highest BCUT2D eigenvalue weighted by Crippen LogP contribution is 2.39. The van der Waals surface area contributed by atoms with E-state index in [1.54, 1.807) is 7.11 Å². The predicted octanol–water partition coefficient (Wildman–Crippen LogP) is 3.65. The zero-order chi connectivity index (χ0) is 16.6. The van der Waals surface area contributed by atoms with Crippen molar-refractivity contribution in [2.24, 2.45) is 5.16 Å². The van der Waals surface area contributed by atoms with E-state index < -0.39 is 6.10 Å². The minimum Gasteiger partial charge on any atom is -0.399 e. The first-order chi connectivity index (χ1) is 11.0. The number of aliphatic hydroxyl groups is 1. The Hall–Kier alpha value is -1.07. The molecule has 2 unspecified atom stereocenters. The predicted molar refractivity (Wildman–Crippen MR) is 94.1 cm³/mol. The summed E-state index contributed by atoms with van der Waals surface area (Å²) in [5.74, 6) is 0. The molecule has 2 bridgehead atoms. The Balaban J connectivity index is 2.16. The first kappa shape index (κ1) is 16.8. The van der Waals surface area contributed by atoms with Crippen molar-refractivity contribution in [2.75, 3.05) is 7.11 Å². The van der Waals surface area contributed by atoms with E-state index in [1.807, 2.05) is 25.1 Å². The van der Waals surface area contributed by atoms with E-state index >= 15 is 0 Å². The van der Waals surface area contributed by atoms with Gasteiger partial charge in [-0.1, -0.05) is 41.3 Å². The lowest BCUT2D eigenvalue weighted by Gasteiger charge is -2.29. The van der Waals surface area contributed by atoms with Crippen LogP contribution < -0.4 is 5.32 Å². The number of aliphatic hydroxyl groups excluding tert-OH is 1. The zero-order valence-electron chi connectivity index (χ0n) is 13.1. The lowest BCUT2D eigenvalue weighted by atomic mass is 9.86. The van der Waals surface area contributed by atoms with Gasteiger partial charge in [0.05, 0.1) is 27.9 Å². The summed E-state index contributed by atoms with van der Waals surface area (Å²) in [4.78, 5) is 5.01. The summed E-state index contributed by atoms with van der Waals surface area (Å²) >= 11 is 12.2. The molecule has 2 aliphatic heterocycles. The Morgan fingerprint density at radius 1 is 1.39 bits per heavy atom. The van der Waals surface area contributed by atoms with Gasteiger partial charge < -0.3 is 15.3 Å². The number of fused-ring (bicyclic) bond motifs is 2. The summed E-state index contributed by atoms with van der Waals surface area (Å²) in [5, 5.41) is 19.1. The molecule has 3 rings (SSSR count). The normalized spacial score (nSPS) is 27.5. The Bertz CT molecular complexity index is 673. The molecule has 1 aromatic carbocycles. The van der Waals surface area contributed by atoms with Gasteiger partial charge in [0.15, 0.2) is 0 Å². The Morgan fingerprint density at radius 3 is 2.83 bits per heavy atom. The number of hydrogen-bond donors (Lipinski definition) is 2. The van der Waals surface area contributed by atoms with E-state index in [-0.39, 0.29) is 12.1 Å². The number of nitrogens with zero attached hydrogens (tertiary/aromatic N) is 1. The molecule has 124 valence electrons. The summed E-state index contributed by atoms with van der Waals surface area (Å²) < 4.78 is 0. The minimum atomic E-state index is -0.413. The van der Waals surface area contributed by atoms with Crippen molar-refractivity contribution in [3.8, 4) is 0 Å². The van der Waals surface area contributed by atoms with E-state index in [9.17, 15) is 5.11 Å². The maximum Gasteiger partial charge on any atom is 0.106 e. The van der Waals surface area contributed by atoms with E-state index in [2.05, 4.69) is 10.5 Å². The third-order valence-corrected chi connectivity index (χ3v) is 5.27. The van der Waals surface area contributed by atoms with Gasteiger partial charge in [-0.3, -0.25) is 0 Å². The van der Waals surface area contributed by atoms with Crippen molar-refractivity contribution < 1.29 is 9.94 Å². The van der Waals surface area contributed by atoms with Crippen molar-refractivity contribution in [3.63, 3.8) is 0 Å². The molecule has 0 spiro atoms. The first-order valence-electron chi connectivity index (χ1n) is 7.78. The molecular weight excluding hydrogens is 335 g/mol. The summed E-state index contributed by atoms with van der Waals surface area (Å²) in [6.45, 7) is 2.03. The minimum absolute atomic E-state index is 0.118. The van der Waals surface area contributed by atoms with Crippen LogP contribution >= 0.6 is 23.2 Å². The lowest BCUT2D eigenvalue weighted by Crippen LogP contribution is -2.41.